The largest absolute Gasteiger partial charge is 0.481 e. The molecule has 176 valence electrons. The van der Waals surface area contributed by atoms with E-state index in [0.29, 0.717) is 44.9 Å². The highest BCUT2D eigenvalue weighted by Crippen LogP contribution is 2.31. The van der Waals surface area contributed by atoms with Gasteiger partial charge in [0.15, 0.2) is 11.8 Å². The first-order valence-corrected chi connectivity index (χ1v) is 11.2. The highest BCUT2D eigenvalue weighted by Gasteiger charge is 2.35. The molecular weight excluding hydrogens is 408 g/mol. The third kappa shape index (κ3) is 6.97. The van der Waals surface area contributed by atoms with E-state index in [1.807, 2.05) is 6.92 Å². The molecule has 9 heteroatoms. The van der Waals surface area contributed by atoms with Crippen molar-refractivity contribution in [3.63, 3.8) is 0 Å². The third-order valence-electron chi connectivity index (χ3n) is 6.71. The van der Waals surface area contributed by atoms with Crippen LogP contribution in [0.3, 0.4) is 0 Å². The van der Waals surface area contributed by atoms with Crippen LogP contribution in [-0.4, -0.2) is 53.6 Å². The number of amides is 1. The number of halogens is 2. The van der Waals surface area contributed by atoms with Gasteiger partial charge in [0.2, 0.25) is 5.91 Å². The van der Waals surface area contributed by atoms with Crippen LogP contribution in [0.2, 0.25) is 0 Å². The molecule has 0 aromatic carbocycles. The molecule has 0 aromatic heterocycles. The van der Waals surface area contributed by atoms with Gasteiger partial charge in [0.25, 0.3) is 0 Å². The van der Waals surface area contributed by atoms with Crippen LogP contribution in [0.15, 0.2) is 0 Å². The Morgan fingerprint density at radius 3 is 2.29 bits per heavy atom. The van der Waals surface area contributed by atoms with Crippen molar-refractivity contribution in [2.45, 2.75) is 83.6 Å². The Hall–Kier alpha value is -2.06. The van der Waals surface area contributed by atoms with Crippen LogP contribution in [0.1, 0.15) is 65.2 Å². The van der Waals surface area contributed by atoms with Gasteiger partial charge in [0.1, 0.15) is 12.3 Å². The van der Waals surface area contributed by atoms with E-state index in [4.69, 9.17) is 20.7 Å². The first kappa shape index (κ1) is 25.2. The average molecular weight is 444 g/mol. The zero-order valence-corrected chi connectivity index (χ0v) is 18.3. The maximum Gasteiger partial charge on any atom is 0.306 e. The molecule has 0 saturated heterocycles. The van der Waals surface area contributed by atoms with Crippen LogP contribution in [0, 0.1) is 34.5 Å². The Morgan fingerprint density at radius 2 is 1.71 bits per heavy atom. The Morgan fingerprint density at radius 1 is 1.10 bits per heavy atom. The third-order valence-corrected chi connectivity index (χ3v) is 6.71. The molecule has 5 unspecified atom stereocenters. The average Bonchev–Trinajstić information content (AvgIpc) is 2.87. The van der Waals surface area contributed by atoms with Crippen molar-refractivity contribution in [2.24, 2.45) is 23.7 Å². The van der Waals surface area contributed by atoms with E-state index in [1.165, 1.54) is 6.92 Å². The lowest BCUT2D eigenvalue weighted by Gasteiger charge is -2.32. The van der Waals surface area contributed by atoms with Crippen molar-refractivity contribution in [1.82, 2.24) is 5.32 Å². The summed E-state index contributed by atoms with van der Waals surface area (Å²) in [7, 11) is 0. The van der Waals surface area contributed by atoms with Crippen molar-refractivity contribution < 1.29 is 28.2 Å². The van der Waals surface area contributed by atoms with E-state index in [1.54, 1.807) is 0 Å². The van der Waals surface area contributed by atoms with Gasteiger partial charge in [-0.05, 0) is 58.3 Å². The van der Waals surface area contributed by atoms with Gasteiger partial charge in [-0.15, -0.1) is 0 Å². The quantitative estimate of drug-likeness (QED) is 0.258. The predicted octanol–water partition coefficient (Wildman–Crippen LogP) is 3.90. The Labute approximate surface area is 182 Å². The van der Waals surface area contributed by atoms with Crippen LogP contribution in [0.25, 0.3) is 0 Å². The van der Waals surface area contributed by atoms with E-state index >= 15 is 0 Å². The first-order valence-electron chi connectivity index (χ1n) is 11.2. The van der Waals surface area contributed by atoms with E-state index in [-0.39, 0.29) is 36.6 Å². The number of ether oxygens (including phenoxy) is 1. The van der Waals surface area contributed by atoms with Crippen LogP contribution in [0.5, 0.6) is 0 Å². The van der Waals surface area contributed by atoms with Gasteiger partial charge in [0, 0.05) is 17.7 Å². The topological polar surface area (TPSA) is 123 Å². The fourth-order valence-corrected chi connectivity index (χ4v) is 4.62. The van der Waals surface area contributed by atoms with Crippen molar-refractivity contribution in [2.75, 3.05) is 6.61 Å². The number of nitrogens with one attached hydrogen (secondary N) is 3. The lowest BCUT2D eigenvalue weighted by Crippen LogP contribution is -2.47. The Balaban J connectivity index is 1.90. The monoisotopic (exact) mass is 443 g/mol. The number of carboxylic acid groups (broad SMARTS) is 1. The minimum Gasteiger partial charge on any atom is -0.481 e. The lowest BCUT2D eigenvalue weighted by molar-refractivity contribution is -0.143. The summed E-state index contributed by atoms with van der Waals surface area (Å²) in [5.41, 5.74) is -0.0645. The van der Waals surface area contributed by atoms with E-state index in [9.17, 15) is 18.4 Å². The summed E-state index contributed by atoms with van der Waals surface area (Å²) in [5, 5.41) is 28.0. The molecular formula is C22H35F2N3O4. The molecule has 2 rings (SSSR count). The highest BCUT2D eigenvalue weighted by atomic mass is 19.2. The summed E-state index contributed by atoms with van der Waals surface area (Å²) < 4.78 is 33.4. The van der Waals surface area contributed by atoms with Crippen molar-refractivity contribution >= 4 is 23.5 Å². The molecule has 2 aliphatic rings. The number of rotatable bonds is 8. The maximum atomic E-state index is 14.2. The van der Waals surface area contributed by atoms with E-state index < -0.39 is 42.0 Å². The molecule has 31 heavy (non-hydrogen) atoms. The normalized spacial score (nSPS) is 31.0. The Kier molecular flexibility index (Phi) is 9.37. The SMILES string of the molecule is CC(=N)C(C(=N)OCC1CCCCC(F)C1F)C(=O)NC(C)C1CCC(C(=O)O)CC1. The van der Waals surface area contributed by atoms with Gasteiger partial charge in [-0.3, -0.25) is 15.0 Å². The second kappa shape index (κ2) is 11.5. The molecule has 7 nitrogen and oxygen atoms in total. The molecule has 0 aliphatic heterocycles. The van der Waals surface area contributed by atoms with Crippen molar-refractivity contribution in [1.29, 1.82) is 10.8 Å². The van der Waals surface area contributed by atoms with E-state index in [0.717, 1.165) is 0 Å². The van der Waals surface area contributed by atoms with Crippen LogP contribution in [-0.2, 0) is 14.3 Å². The molecule has 0 spiro atoms. The number of carbonyl (C=O) groups is 2. The summed E-state index contributed by atoms with van der Waals surface area (Å²) in [5.74, 6) is -3.86. The minimum atomic E-state index is -1.65. The van der Waals surface area contributed by atoms with Crippen molar-refractivity contribution in [3.05, 3.63) is 0 Å². The Bertz CT molecular complexity index is 667. The van der Waals surface area contributed by atoms with Crippen LogP contribution < -0.4 is 5.32 Å². The molecule has 0 bridgehead atoms. The molecule has 2 saturated carbocycles. The molecule has 2 fully saturated rings. The van der Waals surface area contributed by atoms with Gasteiger partial charge in [-0.2, -0.15) is 0 Å². The number of carboxylic acids is 1. The molecule has 0 radical (unpaired) electrons. The zero-order valence-electron chi connectivity index (χ0n) is 18.3. The van der Waals surface area contributed by atoms with Gasteiger partial charge >= 0.3 is 5.97 Å². The standard InChI is InChI=1S/C22H35F2N3O4/c1-12(25)18(20(26)31-11-16-5-3-4-6-17(23)19(16)24)21(28)27-13(2)14-7-9-15(10-8-14)22(29)30/h13-19,25-26H,3-11H2,1-2H3,(H,27,28)(H,29,30). The predicted molar refractivity (Wildman–Crippen MR) is 113 cm³/mol. The molecule has 0 heterocycles. The van der Waals surface area contributed by atoms with E-state index in [2.05, 4.69) is 5.32 Å². The van der Waals surface area contributed by atoms with Gasteiger partial charge < -0.3 is 20.6 Å². The number of hydrogen-bond acceptors (Lipinski definition) is 5. The molecule has 5 atom stereocenters. The van der Waals surface area contributed by atoms with Gasteiger partial charge in [0.05, 0.1) is 12.5 Å². The fourth-order valence-electron chi connectivity index (χ4n) is 4.62. The number of carbonyl (C=O) groups excluding carboxylic acids is 1. The second-order valence-corrected chi connectivity index (χ2v) is 9.04. The second-order valence-electron chi connectivity index (χ2n) is 9.04. The summed E-state index contributed by atoms with van der Waals surface area (Å²) in [6, 6.07) is -0.235. The maximum absolute atomic E-state index is 14.2. The number of aliphatic carboxylic acids is 1. The lowest BCUT2D eigenvalue weighted by atomic mass is 9.79. The highest BCUT2D eigenvalue weighted by molar-refractivity contribution is 6.17. The van der Waals surface area contributed by atoms with Crippen LogP contribution >= 0.6 is 0 Å². The summed E-state index contributed by atoms with van der Waals surface area (Å²) in [4.78, 5) is 23.9. The molecule has 0 aromatic rings. The number of hydrogen-bond donors (Lipinski definition) is 4. The van der Waals surface area contributed by atoms with Gasteiger partial charge in [-0.1, -0.05) is 12.8 Å². The van der Waals surface area contributed by atoms with Crippen LogP contribution in [0.4, 0.5) is 8.78 Å². The first-order chi connectivity index (χ1) is 14.6. The molecule has 1 amide bonds. The minimum absolute atomic E-state index is 0.0645. The molecule has 2 aliphatic carbocycles. The smallest absolute Gasteiger partial charge is 0.306 e. The number of alkyl halides is 2. The van der Waals surface area contributed by atoms with Crippen molar-refractivity contribution in [3.8, 4) is 0 Å². The summed E-state index contributed by atoms with van der Waals surface area (Å²) >= 11 is 0. The fraction of sp³-hybridized carbons (Fsp3) is 0.818. The summed E-state index contributed by atoms with van der Waals surface area (Å²) in [6.45, 7) is 3.06. The summed E-state index contributed by atoms with van der Waals surface area (Å²) in [6.07, 6.45) is 1.27. The zero-order chi connectivity index (χ0) is 23.1. The molecule has 4 N–H and O–H groups in total. The van der Waals surface area contributed by atoms with Gasteiger partial charge in [-0.25, -0.2) is 8.78 Å².